The van der Waals surface area contributed by atoms with Crippen LogP contribution in [0.1, 0.15) is 28.8 Å². The van der Waals surface area contributed by atoms with E-state index in [9.17, 15) is 18.3 Å². The van der Waals surface area contributed by atoms with E-state index in [4.69, 9.17) is 0 Å². The molecule has 9 heteroatoms. The zero-order valence-corrected chi connectivity index (χ0v) is 18.8. The molecular weight excluding hydrogens is 440 g/mol. The van der Waals surface area contributed by atoms with Crippen LogP contribution in [0.2, 0.25) is 0 Å². The number of benzene rings is 2. The van der Waals surface area contributed by atoms with Crippen molar-refractivity contribution in [1.82, 2.24) is 9.71 Å². The predicted molar refractivity (Wildman–Crippen MR) is 127 cm³/mol. The standard InChI is InChI=1S/C24H26N4O4S/c29-22-11-14-28(15-12-22)21-7-9-23(10-8-21)33(31,32)26-16-18-3-5-19(6-4-18)24(30)27-20-2-1-13-25-17-20/h1-10,13,17,22,26,29H,11-12,14-16H2,(H,27,30). The number of aliphatic hydroxyl groups is 1. The lowest BCUT2D eigenvalue weighted by Crippen LogP contribution is -2.35. The lowest BCUT2D eigenvalue weighted by Gasteiger charge is -2.31. The second-order valence-electron chi connectivity index (χ2n) is 7.93. The highest BCUT2D eigenvalue weighted by Gasteiger charge is 2.19. The number of aliphatic hydroxyl groups excluding tert-OH is 1. The number of carbonyl (C=O) groups excluding carboxylic acids is 1. The highest BCUT2D eigenvalue weighted by molar-refractivity contribution is 7.89. The van der Waals surface area contributed by atoms with Crippen LogP contribution in [-0.2, 0) is 16.6 Å². The summed E-state index contributed by atoms with van der Waals surface area (Å²) in [6.07, 6.45) is 4.36. The molecular formula is C24H26N4O4S. The van der Waals surface area contributed by atoms with Gasteiger partial charge in [0.1, 0.15) is 0 Å². The van der Waals surface area contributed by atoms with E-state index in [0.717, 1.165) is 24.3 Å². The number of rotatable bonds is 7. The highest BCUT2D eigenvalue weighted by atomic mass is 32.2. The van der Waals surface area contributed by atoms with E-state index in [1.807, 2.05) is 0 Å². The Hall–Kier alpha value is -3.27. The zero-order chi connectivity index (χ0) is 23.3. The van der Waals surface area contributed by atoms with Crippen LogP contribution in [0.5, 0.6) is 0 Å². The van der Waals surface area contributed by atoms with Gasteiger partial charge in [-0.15, -0.1) is 0 Å². The number of nitrogens with zero attached hydrogens (tertiary/aromatic N) is 2. The summed E-state index contributed by atoms with van der Waals surface area (Å²) in [6, 6.07) is 17.0. The Balaban J connectivity index is 1.33. The number of aromatic nitrogens is 1. The Morgan fingerprint density at radius 3 is 2.36 bits per heavy atom. The van der Waals surface area contributed by atoms with Gasteiger partial charge in [0, 0.05) is 37.1 Å². The Bertz CT molecular complexity index is 1180. The minimum atomic E-state index is -3.68. The smallest absolute Gasteiger partial charge is 0.255 e. The molecule has 33 heavy (non-hydrogen) atoms. The van der Waals surface area contributed by atoms with Crippen LogP contribution >= 0.6 is 0 Å². The van der Waals surface area contributed by atoms with Gasteiger partial charge in [0.05, 0.1) is 22.9 Å². The number of carbonyl (C=O) groups is 1. The molecule has 172 valence electrons. The maximum Gasteiger partial charge on any atom is 0.255 e. The third kappa shape index (κ3) is 5.95. The molecule has 3 aromatic rings. The molecule has 0 unspecified atom stereocenters. The lowest BCUT2D eigenvalue weighted by atomic mass is 10.1. The van der Waals surface area contributed by atoms with Crippen LogP contribution in [0.25, 0.3) is 0 Å². The molecule has 1 aromatic heterocycles. The fourth-order valence-corrected chi connectivity index (χ4v) is 4.65. The van der Waals surface area contributed by atoms with Crippen LogP contribution in [-0.4, -0.2) is 43.6 Å². The van der Waals surface area contributed by atoms with Crippen molar-refractivity contribution in [3.05, 3.63) is 84.2 Å². The fraction of sp³-hybridized carbons (Fsp3) is 0.250. The van der Waals surface area contributed by atoms with Gasteiger partial charge >= 0.3 is 0 Å². The van der Waals surface area contributed by atoms with Crippen molar-refractivity contribution in [2.24, 2.45) is 0 Å². The summed E-state index contributed by atoms with van der Waals surface area (Å²) in [4.78, 5) is 18.6. The molecule has 2 aromatic carbocycles. The molecule has 0 bridgehead atoms. The molecule has 0 spiro atoms. The Labute approximate surface area is 193 Å². The lowest BCUT2D eigenvalue weighted by molar-refractivity contribution is 0.102. The van der Waals surface area contributed by atoms with Crippen LogP contribution in [0, 0.1) is 0 Å². The van der Waals surface area contributed by atoms with E-state index in [2.05, 4.69) is 19.9 Å². The number of amides is 1. The van der Waals surface area contributed by atoms with Crippen molar-refractivity contribution in [2.75, 3.05) is 23.3 Å². The summed E-state index contributed by atoms with van der Waals surface area (Å²) in [5.41, 5.74) is 2.75. The first kappa shape index (κ1) is 22.9. The van der Waals surface area contributed by atoms with Crippen molar-refractivity contribution in [2.45, 2.75) is 30.4 Å². The van der Waals surface area contributed by atoms with Crippen molar-refractivity contribution < 1.29 is 18.3 Å². The molecule has 1 fully saturated rings. The molecule has 1 amide bonds. The van der Waals surface area contributed by atoms with E-state index in [1.54, 1.807) is 73.1 Å². The number of hydrogen-bond donors (Lipinski definition) is 3. The number of hydrogen-bond acceptors (Lipinski definition) is 6. The van der Waals surface area contributed by atoms with E-state index in [1.165, 1.54) is 0 Å². The average molecular weight is 467 g/mol. The summed E-state index contributed by atoms with van der Waals surface area (Å²) < 4.78 is 28.0. The summed E-state index contributed by atoms with van der Waals surface area (Å²) in [5, 5.41) is 12.4. The van der Waals surface area contributed by atoms with Crippen molar-refractivity contribution >= 4 is 27.3 Å². The summed E-state index contributed by atoms with van der Waals surface area (Å²) in [7, 11) is -3.68. The highest BCUT2D eigenvalue weighted by Crippen LogP contribution is 2.22. The Kier molecular flexibility index (Phi) is 7.02. The minimum absolute atomic E-state index is 0.110. The first-order valence-electron chi connectivity index (χ1n) is 10.7. The largest absolute Gasteiger partial charge is 0.393 e. The predicted octanol–water partition coefficient (Wildman–Crippen LogP) is 2.77. The van der Waals surface area contributed by atoms with Crippen LogP contribution in [0.3, 0.4) is 0 Å². The number of nitrogens with one attached hydrogen (secondary N) is 2. The van der Waals surface area contributed by atoms with Crippen LogP contribution < -0.4 is 14.9 Å². The number of piperidine rings is 1. The second-order valence-corrected chi connectivity index (χ2v) is 9.70. The molecule has 0 radical (unpaired) electrons. The normalized spacial score (nSPS) is 14.8. The van der Waals surface area contributed by atoms with Gasteiger partial charge in [-0.2, -0.15) is 0 Å². The van der Waals surface area contributed by atoms with Gasteiger partial charge in [-0.3, -0.25) is 9.78 Å². The van der Waals surface area contributed by atoms with Gasteiger partial charge in [-0.25, -0.2) is 13.1 Å². The number of anilines is 2. The van der Waals surface area contributed by atoms with Gasteiger partial charge in [-0.05, 0) is 66.9 Å². The Morgan fingerprint density at radius 1 is 1.03 bits per heavy atom. The van der Waals surface area contributed by atoms with Gasteiger partial charge in [0.15, 0.2) is 0 Å². The topological polar surface area (TPSA) is 112 Å². The SMILES string of the molecule is O=C(Nc1cccnc1)c1ccc(CNS(=O)(=O)c2ccc(N3CCC(O)CC3)cc2)cc1. The average Bonchev–Trinajstić information content (AvgIpc) is 2.84. The fourth-order valence-electron chi connectivity index (χ4n) is 3.64. The molecule has 0 saturated carbocycles. The maximum absolute atomic E-state index is 12.7. The molecule has 0 aliphatic carbocycles. The molecule has 2 heterocycles. The molecule has 1 saturated heterocycles. The van der Waals surface area contributed by atoms with Crippen molar-refractivity contribution in [3.63, 3.8) is 0 Å². The van der Waals surface area contributed by atoms with Crippen LogP contribution in [0.4, 0.5) is 11.4 Å². The molecule has 1 aliphatic heterocycles. The van der Waals surface area contributed by atoms with Gasteiger partial charge < -0.3 is 15.3 Å². The van der Waals surface area contributed by atoms with E-state index >= 15 is 0 Å². The van der Waals surface area contributed by atoms with Crippen molar-refractivity contribution in [1.29, 1.82) is 0 Å². The van der Waals surface area contributed by atoms with Crippen molar-refractivity contribution in [3.8, 4) is 0 Å². The number of pyridine rings is 1. The molecule has 3 N–H and O–H groups in total. The molecule has 4 rings (SSSR count). The third-order valence-corrected chi connectivity index (χ3v) is 7.00. The van der Waals surface area contributed by atoms with Gasteiger partial charge in [0.25, 0.3) is 5.91 Å². The van der Waals surface area contributed by atoms with Gasteiger partial charge in [-0.1, -0.05) is 12.1 Å². The maximum atomic E-state index is 12.7. The Morgan fingerprint density at radius 2 is 1.73 bits per heavy atom. The molecule has 0 atom stereocenters. The first-order chi connectivity index (χ1) is 15.9. The van der Waals surface area contributed by atoms with E-state index in [-0.39, 0.29) is 23.5 Å². The second kappa shape index (κ2) is 10.1. The van der Waals surface area contributed by atoms with E-state index < -0.39 is 10.0 Å². The number of sulfonamides is 1. The van der Waals surface area contributed by atoms with Gasteiger partial charge in [0.2, 0.25) is 10.0 Å². The summed E-state index contributed by atoms with van der Waals surface area (Å²) >= 11 is 0. The molecule has 8 nitrogen and oxygen atoms in total. The van der Waals surface area contributed by atoms with E-state index in [0.29, 0.717) is 24.1 Å². The summed E-state index contributed by atoms with van der Waals surface area (Å²) in [5.74, 6) is -0.265. The monoisotopic (exact) mass is 466 g/mol. The summed E-state index contributed by atoms with van der Waals surface area (Å²) in [6.45, 7) is 1.61. The first-order valence-corrected chi connectivity index (χ1v) is 12.2. The zero-order valence-electron chi connectivity index (χ0n) is 18.0. The molecule has 1 aliphatic rings. The minimum Gasteiger partial charge on any atom is -0.393 e. The third-order valence-electron chi connectivity index (χ3n) is 5.58. The van der Waals surface area contributed by atoms with Crippen LogP contribution in [0.15, 0.2) is 78.0 Å². The quantitative estimate of drug-likeness (QED) is 0.494.